The standard InChI is InChI=1S/C17H15F6N3OS/c1-24-14-13(28-15(27)25-14)4-9-6-26(7-9)8-10-2-3-11(16(18,19)20)5-12(10)17(21,22)23/h2-5,9H,6-8H2,1H3,(H,24,25,27). The number of alkyl halides is 6. The molecule has 0 atom stereocenters. The molecule has 1 aromatic carbocycles. The Hall–Kier alpha value is -2.01. The van der Waals surface area contributed by atoms with Crippen molar-refractivity contribution in [2.45, 2.75) is 18.9 Å². The molecule has 1 N–H and O–H groups in total. The summed E-state index contributed by atoms with van der Waals surface area (Å²) < 4.78 is 77.8. The largest absolute Gasteiger partial charge is 0.416 e. The maximum absolute atomic E-state index is 13.2. The van der Waals surface area contributed by atoms with E-state index in [9.17, 15) is 31.1 Å². The lowest BCUT2D eigenvalue weighted by Crippen LogP contribution is -2.45. The van der Waals surface area contributed by atoms with Gasteiger partial charge in [0.2, 0.25) is 0 Å². The highest BCUT2D eigenvalue weighted by Crippen LogP contribution is 2.38. The van der Waals surface area contributed by atoms with Crippen LogP contribution in [0.1, 0.15) is 16.7 Å². The van der Waals surface area contributed by atoms with Crippen molar-refractivity contribution in [3.8, 4) is 0 Å². The van der Waals surface area contributed by atoms with Gasteiger partial charge in [-0.05, 0) is 29.5 Å². The molecule has 1 amide bonds. The van der Waals surface area contributed by atoms with Crippen LogP contribution in [0, 0.1) is 5.92 Å². The first kappa shape index (κ1) is 20.7. The number of thioether (sulfide) groups is 1. The van der Waals surface area contributed by atoms with Crippen molar-refractivity contribution in [3.63, 3.8) is 0 Å². The number of rotatable bonds is 3. The van der Waals surface area contributed by atoms with E-state index in [-0.39, 0.29) is 29.3 Å². The number of carbonyl (C=O) groups is 1. The summed E-state index contributed by atoms with van der Waals surface area (Å²) in [6.45, 7) is 0.771. The Morgan fingerprint density at radius 3 is 2.46 bits per heavy atom. The van der Waals surface area contributed by atoms with Crippen LogP contribution in [-0.4, -0.2) is 36.1 Å². The summed E-state index contributed by atoms with van der Waals surface area (Å²) in [6, 6.07) is 1.71. The van der Waals surface area contributed by atoms with Gasteiger partial charge in [0, 0.05) is 32.6 Å². The smallest absolute Gasteiger partial charge is 0.300 e. The number of nitrogens with one attached hydrogen (secondary N) is 1. The van der Waals surface area contributed by atoms with Crippen molar-refractivity contribution in [2.75, 3.05) is 20.1 Å². The molecule has 2 aliphatic heterocycles. The number of carbonyl (C=O) groups excluding carboxylic acids is 1. The van der Waals surface area contributed by atoms with Gasteiger partial charge in [0.15, 0.2) is 0 Å². The molecular weight excluding hydrogens is 408 g/mol. The Morgan fingerprint density at radius 1 is 1.21 bits per heavy atom. The van der Waals surface area contributed by atoms with Crippen LogP contribution in [0.2, 0.25) is 0 Å². The molecule has 28 heavy (non-hydrogen) atoms. The summed E-state index contributed by atoms with van der Waals surface area (Å²) in [5.41, 5.74) is -2.79. The Morgan fingerprint density at radius 2 is 1.89 bits per heavy atom. The number of aliphatic imine (C=N–C) groups is 1. The van der Waals surface area contributed by atoms with Crippen molar-refractivity contribution in [1.82, 2.24) is 10.2 Å². The van der Waals surface area contributed by atoms with Crippen molar-refractivity contribution < 1.29 is 31.1 Å². The van der Waals surface area contributed by atoms with E-state index in [2.05, 4.69) is 10.3 Å². The number of likely N-dealkylation sites (tertiary alicyclic amines) is 1. The van der Waals surface area contributed by atoms with Crippen molar-refractivity contribution in [1.29, 1.82) is 0 Å². The Balaban J connectivity index is 1.70. The van der Waals surface area contributed by atoms with Gasteiger partial charge in [-0.25, -0.2) is 0 Å². The van der Waals surface area contributed by atoms with Gasteiger partial charge >= 0.3 is 12.4 Å². The highest BCUT2D eigenvalue weighted by Gasteiger charge is 2.39. The number of amides is 1. The molecule has 1 aromatic rings. The molecular formula is C17H15F6N3OS. The van der Waals surface area contributed by atoms with Crippen LogP contribution in [0.3, 0.4) is 0 Å². The van der Waals surface area contributed by atoms with Crippen LogP contribution >= 0.6 is 11.8 Å². The Bertz CT molecular complexity index is 840. The van der Waals surface area contributed by atoms with Crippen LogP contribution in [0.5, 0.6) is 0 Å². The van der Waals surface area contributed by atoms with Crippen LogP contribution in [0.15, 0.2) is 34.2 Å². The van der Waals surface area contributed by atoms with E-state index in [0.717, 1.165) is 17.8 Å². The van der Waals surface area contributed by atoms with Crippen LogP contribution in [0.25, 0.3) is 0 Å². The van der Waals surface area contributed by atoms with E-state index in [1.165, 1.54) is 7.05 Å². The van der Waals surface area contributed by atoms with Gasteiger partial charge in [0.1, 0.15) is 5.84 Å². The maximum atomic E-state index is 13.2. The zero-order valence-corrected chi connectivity index (χ0v) is 15.3. The third kappa shape index (κ3) is 4.52. The summed E-state index contributed by atoms with van der Waals surface area (Å²) in [6.07, 6.45) is -7.88. The monoisotopic (exact) mass is 423 g/mol. The van der Waals surface area contributed by atoms with Gasteiger partial charge in [-0.15, -0.1) is 0 Å². The van der Waals surface area contributed by atoms with Gasteiger partial charge in [-0.2, -0.15) is 26.3 Å². The fraction of sp³-hybridized carbons (Fsp3) is 0.412. The highest BCUT2D eigenvalue weighted by molar-refractivity contribution is 8.18. The van der Waals surface area contributed by atoms with E-state index in [0.29, 0.717) is 29.9 Å². The van der Waals surface area contributed by atoms with E-state index < -0.39 is 23.5 Å². The van der Waals surface area contributed by atoms with Crippen LogP contribution in [0.4, 0.5) is 31.1 Å². The lowest BCUT2D eigenvalue weighted by Gasteiger charge is -2.38. The zero-order valence-electron chi connectivity index (χ0n) is 14.5. The predicted molar refractivity (Wildman–Crippen MR) is 92.8 cm³/mol. The summed E-state index contributed by atoms with van der Waals surface area (Å²) in [4.78, 5) is 17.7. The molecule has 0 saturated carbocycles. The van der Waals surface area contributed by atoms with Crippen molar-refractivity contribution in [2.24, 2.45) is 10.9 Å². The number of amidine groups is 1. The molecule has 0 spiro atoms. The first-order chi connectivity index (χ1) is 13.0. The average Bonchev–Trinajstić information content (AvgIpc) is 2.90. The number of nitrogens with zero attached hydrogens (tertiary/aromatic N) is 2. The number of benzene rings is 1. The normalized spacial score (nSPS) is 22.0. The maximum Gasteiger partial charge on any atom is 0.416 e. The van der Waals surface area contributed by atoms with Gasteiger partial charge in [-0.1, -0.05) is 12.1 Å². The predicted octanol–water partition coefficient (Wildman–Crippen LogP) is 4.52. The third-order valence-electron chi connectivity index (χ3n) is 4.39. The van der Waals surface area contributed by atoms with Gasteiger partial charge in [-0.3, -0.25) is 14.7 Å². The fourth-order valence-electron chi connectivity index (χ4n) is 3.06. The van der Waals surface area contributed by atoms with Crippen LogP contribution < -0.4 is 5.32 Å². The second-order valence-corrected chi connectivity index (χ2v) is 7.45. The quantitative estimate of drug-likeness (QED) is 0.727. The first-order valence-electron chi connectivity index (χ1n) is 8.15. The molecule has 0 aromatic heterocycles. The van der Waals surface area contributed by atoms with Gasteiger partial charge in [0.25, 0.3) is 5.24 Å². The molecule has 3 rings (SSSR count). The second kappa shape index (κ2) is 7.43. The third-order valence-corrected chi connectivity index (χ3v) is 5.23. The van der Waals surface area contributed by atoms with Crippen LogP contribution in [-0.2, 0) is 18.9 Å². The summed E-state index contributed by atoms with van der Waals surface area (Å²) >= 11 is 0.997. The van der Waals surface area contributed by atoms with E-state index >= 15 is 0 Å². The number of hydrogen-bond acceptors (Lipinski definition) is 4. The lowest BCUT2D eigenvalue weighted by molar-refractivity contribution is -0.143. The minimum absolute atomic E-state index is 0.0238. The lowest BCUT2D eigenvalue weighted by atomic mass is 9.96. The molecule has 2 fully saturated rings. The number of halogens is 6. The zero-order chi connectivity index (χ0) is 20.7. The molecule has 0 bridgehead atoms. The molecule has 2 saturated heterocycles. The molecule has 2 aliphatic rings. The molecule has 0 unspecified atom stereocenters. The van der Waals surface area contributed by atoms with Gasteiger partial charge < -0.3 is 5.32 Å². The van der Waals surface area contributed by atoms with E-state index in [1.54, 1.807) is 4.90 Å². The SMILES string of the molecule is CN=C1NC(=O)SC1=CC1CN(Cc2ccc(C(F)(F)F)cc2C(F)(F)F)C1. The summed E-state index contributed by atoms with van der Waals surface area (Å²) in [5.74, 6) is 0.478. The van der Waals surface area contributed by atoms with Gasteiger partial charge in [0.05, 0.1) is 16.0 Å². The summed E-state index contributed by atoms with van der Waals surface area (Å²) in [7, 11) is 1.53. The highest BCUT2D eigenvalue weighted by atomic mass is 32.2. The Labute approximate surface area is 160 Å². The molecule has 152 valence electrons. The fourth-order valence-corrected chi connectivity index (χ4v) is 3.91. The average molecular weight is 423 g/mol. The second-order valence-electron chi connectivity index (χ2n) is 6.44. The summed E-state index contributed by atoms with van der Waals surface area (Å²) in [5, 5.41) is 2.33. The number of hydrogen-bond donors (Lipinski definition) is 1. The minimum Gasteiger partial charge on any atom is -0.300 e. The van der Waals surface area contributed by atoms with E-state index in [1.807, 2.05) is 6.08 Å². The molecule has 0 radical (unpaired) electrons. The molecule has 0 aliphatic carbocycles. The molecule has 2 heterocycles. The Kier molecular flexibility index (Phi) is 5.50. The van der Waals surface area contributed by atoms with Crippen molar-refractivity contribution >= 4 is 22.8 Å². The first-order valence-corrected chi connectivity index (χ1v) is 8.96. The van der Waals surface area contributed by atoms with E-state index in [4.69, 9.17) is 0 Å². The molecule has 4 nitrogen and oxygen atoms in total. The molecule has 11 heteroatoms. The van der Waals surface area contributed by atoms with Crippen molar-refractivity contribution in [3.05, 3.63) is 45.9 Å². The topological polar surface area (TPSA) is 44.7 Å². The minimum atomic E-state index is -4.87.